The summed E-state index contributed by atoms with van der Waals surface area (Å²) < 4.78 is 0. The molecule has 0 aliphatic carbocycles. The Labute approximate surface area is 106 Å². The van der Waals surface area contributed by atoms with E-state index in [4.69, 9.17) is 5.11 Å². The van der Waals surface area contributed by atoms with Gasteiger partial charge in [-0.1, -0.05) is 19.8 Å². The van der Waals surface area contributed by atoms with Gasteiger partial charge in [0.1, 0.15) is 5.69 Å². The number of carbonyl (C=O) groups is 2. The highest BCUT2D eigenvalue weighted by molar-refractivity contribution is 5.93. The molecule has 1 heterocycles. The number of hydrogen-bond donors (Lipinski definition) is 1. The lowest BCUT2D eigenvalue weighted by Crippen LogP contribution is -2.26. The number of carboxylic acid groups (broad SMARTS) is 1. The molecule has 1 aromatic heterocycles. The summed E-state index contributed by atoms with van der Waals surface area (Å²) in [6.45, 7) is 2.09. The molecule has 0 radical (unpaired) electrons. The monoisotopic (exact) mass is 250 g/mol. The number of nitrogens with zero attached hydrogens (tertiary/aromatic N) is 2. The standard InChI is InChI=1S/C13H18N2O3/c1-3-4-5-6-12(16)15(2)10-7-8-11(13(17)18)14-9-10/h7-9H,3-6H2,1-2H3,(H,17,18). The molecule has 0 atom stereocenters. The summed E-state index contributed by atoms with van der Waals surface area (Å²) >= 11 is 0. The summed E-state index contributed by atoms with van der Waals surface area (Å²) in [5.41, 5.74) is 0.590. The number of unbranched alkanes of at least 4 members (excludes halogenated alkanes) is 2. The van der Waals surface area contributed by atoms with Crippen LogP contribution >= 0.6 is 0 Å². The van der Waals surface area contributed by atoms with Crippen molar-refractivity contribution < 1.29 is 14.7 Å². The second-order valence-electron chi connectivity index (χ2n) is 4.12. The number of pyridine rings is 1. The van der Waals surface area contributed by atoms with E-state index in [1.807, 2.05) is 0 Å². The third kappa shape index (κ3) is 3.84. The van der Waals surface area contributed by atoms with E-state index < -0.39 is 5.97 Å². The number of carboxylic acids is 1. The number of aromatic nitrogens is 1. The Kier molecular flexibility index (Phi) is 5.30. The molecule has 98 valence electrons. The molecule has 0 saturated heterocycles. The van der Waals surface area contributed by atoms with Gasteiger partial charge in [0, 0.05) is 13.5 Å². The second kappa shape index (κ2) is 6.74. The van der Waals surface area contributed by atoms with Crippen molar-refractivity contribution in [3.63, 3.8) is 0 Å². The molecule has 18 heavy (non-hydrogen) atoms. The van der Waals surface area contributed by atoms with E-state index in [2.05, 4.69) is 11.9 Å². The molecular formula is C13H18N2O3. The highest BCUT2D eigenvalue weighted by Crippen LogP contribution is 2.13. The van der Waals surface area contributed by atoms with E-state index in [1.54, 1.807) is 13.1 Å². The van der Waals surface area contributed by atoms with Crippen LogP contribution in [-0.2, 0) is 4.79 Å². The van der Waals surface area contributed by atoms with Crippen molar-refractivity contribution in [1.82, 2.24) is 4.98 Å². The number of aromatic carboxylic acids is 1. The maximum absolute atomic E-state index is 11.8. The average molecular weight is 250 g/mol. The Morgan fingerprint density at radius 1 is 1.33 bits per heavy atom. The van der Waals surface area contributed by atoms with Crippen molar-refractivity contribution in [2.75, 3.05) is 11.9 Å². The highest BCUT2D eigenvalue weighted by atomic mass is 16.4. The summed E-state index contributed by atoms with van der Waals surface area (Å²) in [4.78, 5) is 27.8. The molecule has 1 amide bonds. The molecule has 1 N–H and O–H groups in total. The van der Waals surface area contributed by atoms with E-state index in [0.717, 1.165) is 19.3 Å². The second-order valence-corrected chi connectivity index (χ2v) is 4.12. The van der Waals surface area contributed by atoms with Crippen molar-refractivity contribution in [3.05, 3.63) is 24.0 Å². The summed E-state index contributed by atoms with van der Waals surface area (Å²) in [5, 5.41) is 8.72. The molecule has 0 bridgehead atoms. The van der Waals surface area contributed by atoms with E-state index in [-0.39, 0.29) is 11.6 Å². The first-order valence-electron chi connectivity index (χ1n) is 6.02. The first kappa shape index (κ1) is 14.2. The van der Waals surface area contributed by atoms with E-state index >= 15 is 0 Å². The number of amides is 1. The zero-order valence-electron chi connectivity index (χ0n) is 10.7. The van der Waals surface area contributed by atoms with Gasteiger partial charge in [-0.3, -0.25) is 4.79 Å². The minimum absolute atomic E-state index is 0.0216. The zero-order chi connectivity index (χ0) is 13.5. The first-order chi connectivity index (χ1) is 8.56. The van der Waals surface area contributed by atoms with Crippen LogP contribution in [-0.4, -0.2) is 29.0 Å². The maximum atomic E-state index is 11.8. The van der Waals surface area contributed by atoms with Crippen LogP contribution < -0.4 is 4.90 Å². The Morgan fingerprint density at radius 2 is 2.06 bits per heavy atom. The molecule has 0 aromatic carbocycles. The van der Waals surface area contributed by atoms with Gasteiger partial charge in [-0.2, -0.15) is 0 Å². The van der Waals surface area contributed by atoms with Gasteiger partial charge in [0.05, 0.1) is 11.9 Å². The van der Waals surface area contributed by atoms with Gasteiger partial charge < -0.3 is 10.0 Å². The van der Waals surface area contributed by atoms with Gasteiger partial charge in [0.15, 0.2) is 0 Å². The van der Waals surface area contributed by atoms with Gasteiger partial charge in [0.25, 0.3) is 0 Å². The normalized spacial score (nSPS) is 10.1. The Balaban J connectivity index is 2.63. The van der Waals surface area contributed by atoms with Crippen molar-refractivity contribution in [3.8, 4) is 0 Å². The van der Waals surface area contributed by atoms with Crippen molar-refractivity contribution in [1.29, 1.82) is 0 Å². The fraction of sp³-hybridized carbons (Fsp3) is 0.462. The molecule has 5 nitrogen and oxygen atoms in total. The molecular weight excluding hydrogens is 232 g/mol. The zero-order valence-corrected chi connectivity index (χ0v) is 10.7. The molecule has 0 aliphatic heterocycles. The predicted octanol–water partition coefficient (Wildman–Crippen LogP) is 2.32. The number of rotatable bonds is 6. The Hall–Kier alpha value is -1.91. The number of hydrogen-bond acceptors (Lipinski definition) is 3. The fourth-order valence-corrected chi connectivity index (χ4v) is 1.55. The molecule has 0 aliphatic rings. The summed E-state index contributed by atoms with van der Waals surface area (Å²) in [6, 6.07) is 2.99. The first-order valence-corrected chi connectivity index (χ1v) is 6.02. The van der Waals surface area contributed by atoms with Gasteiger partial charge in [-0.15, -0.1) is 0 Å². The third-order valence-corrected chi connectivity index (χ3v) is 2.72. The van der Waals surface area contributed by atoms with E-state index in [9.17, 15) is 9.59 Å². The largest absolute Gasteiger partial charge is 0.477 e. The van der Waals surface area contributed by atoms with Crippen LogP contribution in [0.25, 0.3) is 0 Å². The third-order valence-electron chi connectivity index (χ3n) is 2.72. The lowest BCUT2D eigenvalue weighted by Gasteiger charge is -2.16. The predicted molar refractivity (Wildman–Crippen MR) is 68.7 cm³/mol. The van der Waals surface area contributed by atoms with Crippen molar-refractivity contribution >= 4 is 17.6 Å². The molecule has 0 fully saturated rings. The maximum Gasteiger partial charge on any atom is 0.354 e. The number of anilines is 1. The lowest BCUT2D eigenvalue weighted by atomic mass is 10.2. The molecule has 0 spiro atoms. The van der Waals surface area contributed by atoms with Gasteiger partial charge >= 0.3 is 5.97 Å². The Bertz CT molecular complexity index is 415. The summed E-state index contributed by atoms with van der Waals surface area (Å²) in [5.74, 6) is -1.05. The lowest BCUT2D eigenvalue weighted by molar-refractivity contribution is -0.118. The smallest absolute Gasteiger partial charge is 0.354 e. The van der Waals surface area contributed by atoms with Crippen LogP contribution in [0, 0.1) is 0 Å². The average Bonchev–Trinajstić information content (AvgIpc) is 2.38. The highest BCUT2D eigenvalue weighted by Gasteiger charge is 2.11. The summed E-state index contributed by atoms with van der Waals surface area (Å²) in [6.07, 6.45) is 4.90. The van der Waals surface area contributed by atoms with Crippen LogP contribution in [0.4, 0.5) is 5.69 Å². The van der Waals surface area contributed by atoms with Crippen LogP contribution in [0.3, 0.4) is 0 Å². The minimum atomic E-state index is -1.07. The van der Waals surface area contributed by atoms with Crippen LogP contribution in [0.2, 0.25) is 0 Å². The fourth-order valence-electron chi connectivity index (χ4n) is 1.55. The molecule has 1 rings (SSSR count). The molecule has 5 heteroatoms. The van der Waals surface area contributed by atoms with Crippen LogP contribution in [0.15, 0.2) is 18.3 Å². The van der Waals surface area contributed by atoms with Gasteiger partial charge in [-0.25, -0.2) is 9.78 Å². The molecule has 0 saturated carbocycles. The summed E-state index contributed by atoms with van der Waals surface area (Å²) in [7, 11) is 1.67. The number of carbonyl (C=O) groups excluding carboxylic acids is 1. The SMILES string of the molecule is CCCCCC(=O)N(C)c1ccc(C(=O)O)nc1. The van der Waals surface area contributed by atoms with E-state index in [1.165, 1.54) is 17.2 Å². The quantitative estimate of drug-likeness (QED) is 0.786. The van der Waals surface area contributed by atoms with Gasteiger partial charge in [0.2, 0.25) is 5.91 Å². The van der Waals surface area contributed by atoms with E-state index in [0.29, 0.717) is 12.1 Å². The van der Waals surface area contributed by atoms with Crippen molar-refractivity contribution in [2.24, 2.45) is 0 Å². The van der Waals surface area contributed by atoms with Crippen molar-refractivity contribution in [2.45, 2.75) is 32.6 Å². The molecule has 1 aromatic rings. The Morgan fingerprint density at radius 3 is 2.56 bits per heavy atom. The van der Waals surface area contributed by atoms with Crippen LogP contribution in [0.1, 0.15) is 43.1 Å². The van der Waals surface area contributed by atoms with Crippen LogP contribution in [0.5, 0.6) is 0 Å². The minimum Gasteiger partial charge on any atom is -0.477 e. The molecule has 0 unspecified atom stereocenters. The van der Waals surface area contributed by atoms with Gasteiger partial charge in [-0.05, 0) is 18.6 Å². The topological polar surface area (TPSA) is 70.5 Å².